The van der Waals surface area contributed by atoms with Crippen molar-refractivity contribution >= 4 is 21.8 Å². The molecule has 3 aromatic rings. The number of nitrogens with zero attached hydrogens (tertiary/aromatic N) is 3. The highest BCUT2D eigenvalue weighted by Crippen LogP contribution is 2.18. The number of aromatic amines is 1. The predicted octanol–water partition coefficient (Wildman–Crippen LogP) is 1.49. The summed E-state index contributed by atoms with van der Waals surface area (Å²) >= 11 is 3.35. The molecule has 0 aliphatic heterocycles. The van der Waals surface area contributed by atoms with E-state index in [2.05, 4.69) is 36.5 Å². The molecule has 0 aliphatic rings. The standard InChI is InChI=1S/C17H16BrN5O3/c1-10-13(8-20-23(10)15-5-6-16(25)22-21-15)17(26)19-9-14(24)11-3-2-4-12(18)7-11/h2-8,14,24H,9H2,1H3,(H,19,26)(H,22,25)/t14-/m1/s1. The number of H-pyrrole nitrogens is 1. The number of aromatic nitrogens is 4. The lowest BCUT2D eigenvalue weighted by Gasteiger charge is -2.12. The molecule has 9 heteroatoms. The number of carbonyl (C=O) groups is 1. The van der Waals surface area contributed by atoms with Gasteiger partial charge in [0.2, 0.25) is 0 Å². The largest absolute Gasteiger partial charge is 0.387 e. The van der Waals surface area contributed by atoms with Crippen LogP contribution in [0.4, 0.5) is 0 Å². The van der Waals surface area contributed by atoms with Crippen LogP contribution in [0.25, 0.3) is 5.82 Å². The number of carbonyl (C=O) groups excluding carboxylic acids is 1. The molecule has 0 bridgehead atoms. The summed E-state index contributed by atoms with van der Waals surface area (Å²) in [5.41, 5.74) is 1.31. The van der Waals surface area contributed by atoms with E-state index in [-0.39, 0.29) is 18.0 Å². The van der Waals surface area contributed by atoms with Gasteiger partial charge >= 0.3 is 0 Å². The lowest BCUT2D eigenvalue weighted by Crippen LogP contribution is -2.28. The minimum atomic E-state index is -0.826. The molecule has 1 atom stereocenters. The second-order valence-electron chi connectivity index (χ2n) is 5.62. The monoisotopic (exact) mass is 417 g/mol. The summed E-state index contributed by atoms with van der Waals surface area (Å²) in [6.07, 6.45) is 0.593. The van der Waals surface area contributed by atoms with Crippen molar-refractivity contribution in [3.63, 3.8) is 0 Å². The van der Waals surface area contributed by atoms with Crippen molar-refractivity contribution in [2.45, 2.75) is 13.0 Å². The molecule has 0 unspecified atom stereocenters. The SMILES string of the molecule is Cc1c(C(=O)NC[C@@H](O)c2cccc(Br)c2)cnn1-c1ccc(=O)[nH]n1. The maximum absolute atomic E-state index is 12.4. The molecule has 0 spiro atoms. The third kappa shape index (κ3) is 3.89. The fourth-order valence-corrected chi connectivity index (χ4v) is 2.85. The molecular formula is C17H16BrN5O3. The number of hydrogen-bond donors (Lipinski definition) is 3. The van der Waals surface area contributed by atoms with Crippen molar-refractivity contribution < 1.29 is 9.90 Å². The molecule has 0 radical (unpaired) electrons. The van der Waals surface area contributed by atoms with Gasteiger partial charge in [-0.3, -0.25) is 9.59 Å². The van der Waals surface area contributed by atoms with Crippen LogP contribution in [0.3, 0.4) is 0 Å². The van der Waals surface area contributed by atoms with E-state index in [9.17, 15) is 14.7 Å². The van der Waals surface area contributed by atoms with Gasteiger partial charge < -0.3 is 10.4 Å². The zero-order valence-electron chi connectivity index (χ0n) is 13.8. The number of benzene rings is 1. The summed E-state index contributed by atoms with van der Waals surface area (Å²) in [6.45, 7) is 1.79. The van der Waals surface area contributed by atoms with Gasteiger partial charge in [0, 0.05) is 17.1 Å². The Labute approximate surface area is 157 Å². The molecule has 0 saturated heterocycles. The Hall–Kier alpha value is -2.78. The molecular weight excluding hydrogens is 402 g/mol. The molecule has 2 aromatic heterocycles. The first-order valence-electron chi connectivity index (χ1n) is 7.78. The molecule has 134 valence electrons. The van der Waals surface area contributed by atoms with Gasteiger partial charge in [0.25, 0.3) is 11.5 Å². The van der Waals surface area contributed by atoms with Gasteiger partial charge in [-0.05, 0) is 30.7 Å². The van der Waals surface area contributed by atoms with E-state index in [4.69, 9.17) is 0 Å². The number of aliphatic hydroxyl groups is 1. The van der Waals surface area contributed by atoms with Crippen molar-refractivity contribution in [1.82, 2.24) is 25.3 Å². The molecule has 26 heavy (non-hydrogen) atoms. The Kier molecular flexibility index (Phi) is 5.29. The quantitative estimate of drug-likeness (QED) is 0.581. The summed E-state index contributed by atoms with van der Waals surface area (Å²) < 4.78 is 2.31. The Bertz CT molecular complexity index is 978. The summed E-state index contributed by atoms with van der Waals surface area (Å²) in [4.78, 5) is 23.5. The lowest BCUT2D eigenvalue weighted by atomic mass is 10.1. The Morgan fingerprint density at radius 3 is 2.88 bits per heavy atom. The summed E-state index contributed by atoms with van der Waals surface area (Å²) in [7, 11) is 0. The van der Waals surface area contributed by atoms with Crippen LogP contribution in [-0.4, -0.2) is 37.5 Å². The number of halogens is 1. The van der Waals surface area contributed by atoms with Gasteiger partial charge in [-0.25, -0.2) is 9.78 Å². The number of hydrogen-bond acceptors (Lipinski definition) is 5. The van der Waals surface area contributed by atoms with E-state index >= 15 is 0 Å². The van der Waals surface area contributed by atoms with Gasteiger partial charge in [-0.1, -0.05) is 28.1 Å². The highest BCUT2D eigenvalue weighted by atomic mass is 79.9. The molecule has 8 nitrogen and oxygen atoms in total. The van der Waals surface area contributed by atoms with E-state index in [1.807, 2.05) is 12.1 Å². The second-order valence-corrected chi connectivity index (χ2v) is 6.53. The normalized spacial score (nSPS) is 12.0. The van der Waals surface area contributed by atoms with Crippen LogP contribution >= 0.6 is 15.9 Å². The van der Waals surface area contributed by atoms with Crippen LogP contribution in [-0.2, 0) is 0 Å². The topological polar surface area (TPSA) is 113 Å². The van der Waals surface area contributed by atoms with Crippen molar-refractivity contribution in [1.29, 1.82) is 0 Å². The van der Waals surface area contributed by atoms with Gasteiger partial charge in [-0.2, -0.15) is 10.2 Å². The van der Waals surface area contributed by atoms with Gasteiger partial charge in [0.15, 0.2) is 5.82 Å². The van der Waals surface area contributed by atoms with Crippen molar-refractivity contribution in [3.05, 3.63) is 74.2 Å². The average Bonchev–Trinajstić information content (AvgIpc) is 3.01. The number of amides is 1. The highest BCUT2D eigenvalue weighted by molar-refractivity contribution is 9.10. The van der Waals surface area contributed by atoms with Gasteiger partial charge in [0.1, 0.15) is 0 Å². The maximum atomic E-state index is 12.4. The molecule has 0 fully saturated rings. The molecule has 0 saturated carbocycles. The number of nitrogens with one attached hydrogen (secondary N) is 2. The third-order valence-corrected chi connectivity index (χ3v) is 4.32. The summed E-state index contributed by atoms with van der Waals surface area (Å²) in [5, 5.41) is 23.3. The molecule has 1 aromatic carbocycles. The Morgan fingerprint density at radius 2 is 2.19 bits per heavy atom. The second kappa shape index (κ2) is 7.63. The molecule has 1 amide bonds. The summed E-state index contributed by atoms with van der Waals surface area (Å²) in [5.74, 6) is 0.0440. The van der Waals surface area contributed by atoms with E-state index in [1.54, 1.807) is 19.1 Å². The van der Waals surface area contributed by atoms with E-state index in [0.717, 1.165) is 4.47 Å². The lowest BCUT2D eigenvalue weighted by molar-refractivity contribution is 0.0915. The van der Waals surface area contributed by atoms with Crippen molar-refractivity contribution in [3.8, 4) is 5.82 Å². The average molecular weight is 418 g/mol. The number of rotatable bonds is 5. The summed E-state index contributed by atoms with van der Waals surface area (Å²) in [6, 6.07) is 10.1. The van der Waals surface area contributed by atoms with Crippen LogP contribution in [0.5, 0.6) is 0 Å². The van der Waals surface area contributed by atoms with Crippen LogP contribution < -0.4 is 10.9 Å². The fraction of sp³-hybridized carbons (Fsp3) is 0.176. The third-order valence-electron chi connectivity index (χ3n) is 3.83. The van der Waals surface area contributed by atoms with Crippen LogP contribution in [0.1, 0.15) is 27.7 Å². The molecule has 3 N–H and O–H groups in total. The molecule has 0 aliphatic carbocycles. The van der Waals surface area contributed by atoms with Crippen LogP contribution in [0.2, 0.25) is 0 Å². The Morgan fingerprint density at radius 1 is 1.38 bits per heavy atom. The van der Waals surface area contributed by atoms with E-state index < -0.39 is 6.10 Å². The van der Waals surface area contributed by atoms with Crippen molar-refractivity contribution in [2.24, 2.45) is 0 Å². The van der Waals surface area contributed by atoms with Crippen LogP contribution in [0.15, 0.2) is 51.9 Å². The van der Waals surface area contributed by atoms with Crippen LogP contribution in [0, 0.1) is 6.92 Å². The minimum Gasteiger partial charge on any atom is -0.387 e. The zero-order chi connectivity index (χ0) is 18.7. The first-order chi connectivity index (χ1) is 12.5. The van der Waals surface area contributed by atoms with E-state index in [0.29, 0.717) is 22.6 Å². The van der Waals surface area contributed by atoms with Gasteiger partial charge in [-0.15, -0.1) is 0 Å². The minimum absolute atomic E-state index is 0.0663. The van der Waals surface area contributed by atoms with Crippen molar-refractivity contribution in [2.75, 3.05) is 6.54 Å². The smallest absolute Gasteiger partial charge is 0.264 e. The predicted molar refractivity (Wildman–Crippen MR) is 98.2 cm³/mol. The molecule has 2 heterocycles. The maximum Gasteiger partial charge on any atom is 0.264 e. The highest BCUT2D eigenvalue weighted by Gasteiger charge is 2.17. The molecule has 3 rings (SSSR count). The Balaban J connectivity index is 1.70. The first-order valence-corrected chi connectivity index (χ1v) is 8.57. The zero-order valence-corrected chi connectivity index (χ0v) is 15.4. The fourth-order valence-electron chi connectivity index (χ4n) is 2.43. The first kappa shape index (κ1) is 18.0. The van der Waals surface area contributed by atoms with E-state index in [1.165, 1.54) is 23.0 Å². The van der Waals surface area contributed by atoms with Gasteiger partial charge in [0.05, 0.1) is 23.6 Å². The number of aliphatic hydroxyl groups excluding tert-OH is 1.